The maximum atomic E-state index is 12.4. The van der Waals surface area contributed by atoms with E-state index in [1.165, 1.54) is 0 Å². The van der Waals surface area contributed by atoms with Gasteiger partial charge in [0.05, 0.1) is 0 Å². The first-order valence-electron chi connectivity index (χ1n) is 6.63. The van der Waals surface area contributed by atoms with Crippen molar-refractivity contribution < 1.29 is 4.79 Å². The maximum absolute atomic E-state index is 12.4. The zero-order chi connectivity index (χ0) is 14.5. The first kappa shape index (κ1) is 14.5. The summed E-state index contributed by atoms with van der Waals surface area (Å²) in [4.78, 5) is 18.4. The molecule has 0 bridgehead atoms. The summed E-state index contributed by atoms with van der Waals surface area (Å²) in [5.74, 6) is 0.380. The van der Waals surface area contributed by atoms with Crippen LogP contribution in [0.5, 0.6) is 0 Å². The summed E-state index contributed by atoms with van der Waals surface area (Å²) in [7, 11) is 1.80. The molecule has 0 atom stereocenters. The van der Waals surface area contributed by atoms with Gasteiger partial charge in [0.1, 0.15) is 5.82 Å². The second-order valence-corrected chi connectivity index (χ2v) is 5.59. The van der Waals surface area contributed by atoms with Crippen LogP contribution in [0.15, 0.2) is 29.0 Å². The molecule has 2 aromatic rings. The minimum atomic E-state index is -0.0253. The Labute approximate surface area is 123 Å². The molecule has 0 spiro atoms. The number of anilines is 1. The molecule has 0 unspecified atom stereocenters. The molecular weight excluding hydrogens is 270 g/mol. The highest BCUT2D eigenvalue weighted by Gasteiger charge is 2.14. The average Bonchev–Trinajstić information content (AvgIpc) is 2.90. The monoisotopic (exact) mass is 289 g/mol. The van der Waals surface area contributed by atoms with Gasteiger partial charge in [-0.2, -0.15) is 11.3 Å². The van der Waals surface area contributed by atoms with Crippen LogP contribution in [0.3, 0.4) is 0 Å². The minimum absolute atomic E-state index is 0.0253. The van der Waals surface area contributed by atoms with Gasteiger partial charge in [0.2, 0.25) is 0 Å². The van der Waals surface area contributed by atoms with Gasteiger partial charge in [0, 0.05) is 24.8 Å². The zero-order valence-corrected chi connectivity index (χ0v) is 12.6. The molecule has 4 nitrogen and oxygen atoms in total. The molecule has 0 aliphatic heterocycles. The molecule has 2 aromatic heterocycles. The number of nitrogens with two attached hydrogens (primary N) is 1. The number of aromatic nitrogens is 1. The Kier molecular flexibility index (Phi) is 4.74. The number of rotatable bonds is 5. The highest BCUT2D eigenvalue weighted by Crippen LogP contribution is 2.14. The standard InChI is InChI=1S/C15H19N3OS/c1-3-4-13-7-12(8-14(16)17-13)15(19)18(2)9-11-5-6-20-10-11/h5-8,10H,3-4,9H2,1-2H3,(H2,16,17). The quantitative estimate of drug-likeness (QED) is 0.920. The predicted molar refractivity (Wildman–Crippen MR) is 82.8 cm³/mol. The number of carbonyl (C=O) groups excluding carboxylic acids is 1. The van der Waals surface area contributed by atoms with Gasteiger partial charge < -0.3 is 10.6 Å². The number of nitrogens with zero attached hydrogens (tertiary/aromatic N) is 2. The Morgan fingerprint density at radius 1 is 1.45 bits per heavy atom. The van der Waals surface area contributed by atoms with Crippen LogP contribution in [0.1, 0.15) is 35.0 Å². The number of carbonyl (C=O) groups is 1. The van der Waals surface area contributed by atoms with Crippen molar-refractivity contribution in [1.29, 1.82) is 0 Å². The van der Waals surface area contributed by atoms with Crippen LogP contribution in [-0.4, -0.2) is 22.8 Å². The van der Waals surface area contributed by atoms with Crippen LogP contribution in [0.4, 0.5) is 5.82 Å². The minimum Gasteiger partial charge on any atom is -0.384 e. The topological polar surface area (TPSA) is 59.2 Å². The van der Waals surface area contributed by atoms with E-state index in [-0.39, 0.29) is 5.91 Å². The van der Waals surface area contributed by atoms with Crippen molar-refractivity contribution in [2.24, 2.45) is 0 Å². The van der Waals surface area contributed by atoms with Gasteiger partial charge in [-0.1, -0.05) is 13.3 Å². The Morgan fingerprint density at radius 2 is 2.25 bits per heavy atom. The smallest absolute Gasteiger partial charge is 0.254 e. The zero-order valence-electron chi connectivity index (χ0n) is 11.8. The van der Waals surface area contributed by atoms with E-state index in [0.29, 0.717) is 17.9 Å². The van der Waals surface area contributed by atoms with Gasteiger partial charge in [-0.15, -0.1) is 0 Å². The average molecular weight is 289 g/mol. The van der Waals surface area contributed by atoms with Crippen LogP contribution < -0.4 is 5.73 Å². The van der Waals surface area contributed by atoms with E-state index in [1.807, 2.05) is 22.9 Å². The van der Waals surface area contributed by atoms with E-state index in [1.54, 1.807) is 29.4 Å². The number of amides is 1. The molecule has 106 valence electrons. The van der Waals surface area contributed by atoms with Crippen molar-refractivity contribution in [1.82, 2.24) is 9.88 Å². The van der Waals surface area contributed by atoms with E-state index in [4.69, 9.17) is 5.73 Å². The van der Waals surface area contributed by atoms with Crippen LogP contribution in [0, 0.1) is 0 Å². The summed E-state index contributed by atoms with van der Waals surface area (Å²) in [5.41, 5.74) is 8.41. The van der Waals surface area contributed by atoms with E-state index in [9.17, 15) is 4.79 Å². The predicted octanol–water partition coefficient (Wildman–Crippen LogP) is 2.95. The number of pyridine rings is 1. The fraction of sp³-hybridized carbons (Fsp3) is 0.333. The van der Waals surface area contributed by atoms with Crippen molar-refractivity contribution in [2.45, 2.75) is 26.3 Å². The van der Waals surface area contributed by atoms with Crippen LogP contribution in [0.25, 0.3) is 0 Å². The molecule has 0 aliphatic rings. The Morgan fingerprint density at radius 3 is 2.90 bits per heavy atom. The molecule has 0 radical (unpaired) electrons. The number of thiophene rings is 1. The highest BCUT2D eigenvalue weighted by molar-refractivity contribution is 7.07. The lowest BCUT2D eigenvalue weighted by Crippen LogP contribution is -2.26. The number of hydrogen-bond donors (Lipinski definition) is 1. The Hall–Kier alpha value is -1.88. The van der Waals surface area contributed by atoms with Crippen molar-refractivity contribution in [3.63, 3.8) is 0 Å². The maximum Gasteiger partial charge on any atom is 0.254 e. The Balaban J connectivity index is 2.15. The number of nitrogen functional groups attached to an aromatic ring is 1. The molecular formula is C15H19N3OS. The van der Waals surface area contributed by atoms with Crippen LogP contribution in [-0.2, 0) is 13.0 Å². The van der Waals surface area contributed by atoms with Gasteiger partial charge in [-0.25, -0.2) is 4.98 Å². The third-order valence-corrected chi connectivity index (χ3v) is 3.73. The second kappa shape index (κ2) is 6.52. The summed E-state index contributed by atoms with van der Waals surface area (Å²) in [6.45, 7) is 2.68. The van der Waals surface area contributed by atoms with Crippen molar-refractivity contribution in [3.05, 3.63) is 45.8 Å². The lowest BCUT2D eigenvalue weighted by atomic mass is 10.1. The van der Waals surface area contributed by atoms with Crippen LogP contribution >= 0.6 is 11.3 Å². The van der Waals surface area contributed by atoms with E-state index >= 15 is 0 Å². The fourth-order valence-corrected chi connectivity index (χ4v) is 2.73. The summed E-state index contributed by atoms with van der Waals surface area (Å²) in [6.07, 6.45) is 1.81. The molecule has 1 amide bonds. The van der Waals surface area contributed by atoms with E-state index in [0.717, 1.165) is 24.1 Å². The normalized spacial score (nSPS) is 10.5. The fourth-order valence-electron chi connectivity index (χ4n) is 2.07. The molecule has 0 saturated heterocycles. The molecule has 0 fully saturated rings. The molecule has 0 aromatic carbocycles. The van der Waals surface area contributed by atoms with Crippen molar-refractivity contribution >= 4 is 23.1 Å². The second-order valence-electron chi connectivity index (χ2n) is 4.81. The van der Waals surface area contributed by atoms with Crippen molar-refractivity contribution in [3.8, 4) is 0 Å². The van der Waals surface area contributed by atoms with Crippen molar-refractivity contribution in [2.75, 3.05) is 12.8 Å². The van der Waals surface area contributed by atoms with Gasteiger partial charge in [-0.05, 0) is 40.9 Å². The summed E-state index contributed by atoms with van der Waals surface area (Å²) >= 11 is 1.63. The molecule has 2 rings (SSSR count). The Bertz CT molecular complexity index is 581. The lowest BCUT2D eigenvalue weighted by Gasteiger charge is -2.17. The third kappa shape index (κ3) is 3.57. The summed E-state index contributed by atoms with van der Waals surface area (Å²) in [6, 6.07) is 5.51. The molecule has 5 heteroatoms. The van der Waals surface area contributed by atoms with E-state index in [2.05, 4.69) is 11.9 Å². The first-order valence-corrected chi connectivity index (χ1v) is 7.57. The van der Waals surface area contributed by atoms with Gasteiger partial charge in [0.25, 0.3) is 5.91 Å². The molecule has 20 heavy (non-hydrogen) atoms. The number of aryl methyl sites for hydroxylation is 1. The first-order chi connectivity index (χ1) is 9.60. The lowest BCUT2D eigenvalue weighted by molar-refractivity contribution is 0.0785. The third-order valence-electron chi connectivity index (χ3n) is 3.00. The highest BCUT2D eigenvalue weighted by atomic mass is 32.1. The van der Waals surface area contributed by atoms with E-state index < -0.39 is 0 Å². The molecule has 0 saturated carbocycles. The molecule has 2 heterocycles. The van der Waals surface area contributed by atoms with Gasteiger partial charge in [0.15, 0.2) is 0 Å². The molecule has 0 aliphatic carbocycles. The number of hydrogen-bond acceptors (Lipinski definition) is 4. The van der Waals surface area contributed by atoms with Crippen LogP contribution in [0.2, 0.25) is 0 Å². The SMILES string of the molecule is CCCc1cc(C(=O)N(C)Cc2ccsc2)cc(N)n1. The largest absolute Gasteiger partial charge is 0.384 e. The molecule has 2 N–H and O–H groups in total. The summed E-state index contributed by atoms with van der Waals surface area (Å²) < 4.78 is 0. The van der Waals surface area contributed by atoms with Gasteiger partial charge in [-0.3, -0.25) is 4.79 Å². The van der Waals surface area contributed by atoms with Gasteiger partial charge >= 0.3 is 0 Å². The summed E-state index contributed by atoms with van der Waals surface area (Å²) in [5, 5.41) is 4.06.